The molecule has 182 valence electrons. The summed E-state index contributed by atoms with van der Waals surface area (Å²) in [6.07, 6.45) is 0.813. The number of amides is 1. The van der Waals surface area contributed by atoms with Crippen molar-refractivity contribution in [1.29, 1.82) is 0 Å². The number of thioether (sulfide) groups is 1. The Kier molecular flexibility index (Phi) is 6.77. The number of carbonyl (C=O) groups excluding carboxylic acids is 1. The molecule has 2 heterocycles. The zero-order chi connectivity index (χ0) is 25.1. The van der Waals surface area contributed by atoms with Crippen LogP contribution in [0.1, 0.15) is 18.1 Å². The Labute approximate surface area is 212 Å². The van der Waals surface area contributed by atoms with Crippen LogP contribution in [0, 0.1) is 0 Å². The molecule has 5 rings (SSSR count). The van der Waals surface area contributed by atoms with Gasteiger partial charge >= 0.3 is 0 Å². The van der Waals surface area contributed by atoms with Gasteiger partial charge in [-0.2, -0.15) is 0 Å². The van der Waals surface area contributed by atoms with Gasteiger partial charge in [-0.25, -0.2) is 4.98 Å². The summed E-state index contributed by atoms with van der Waals surface area (Å²) < 4.78 is 12.9. The number of nitrogens with zero attached hydrogens (tertiary/aromatic N) is 2. The molecular weight excluding hydrogens is 474 g/mol. The number of methoxy groups -OCH3 is 1. The quantitative estimate of drug-likeness (QED) is 0.224. The third kappa shape index (κ3) is 4.59. The van der Waals surface area contributed by atoms with E-state index in [2.05, 4.69) is 5.32 Å². The van der Waals surface area contributed by atoms with Crippen molar-refractivity contribution in [3.8, 4) is 5.75 Å². The van der Waals surface area contributed by atoms with Gasteiger partial charge in [0.25, 0.3) is 5.56 Å². The molecule has 7 nitrogen and oxygen atoms in total. The first kappa shape index (κ1) is 23.7. The molecule has 36 heavy (non-hydrogen) atoms. The highest BCUT2D eigenvalue weighted by Gasteiger charge is 2.20. The van der Waals surface area contributed by atoms with Crippen LogP contribution in [0.4, 0.5) is 5.69 Å². The minimum atomic E-state index is -0.304. The van der Waals surface area contributed by atoms with Crippen LogP contribution in [0.2, 0.25) is 0 Å². The van der Waals surface area contributed by atoms with Crippen LogP contribution in [0.15, 0.2) is 87.2 Å². The van der Waals surface area contributed by atoms with Gasteiger partial charge in [-0.3, -0.25) is 14.2 Å². The number of hydrogen-bond acceptors (Lipinski definition) is 6. The molecule has 0 aliphatic heterocycles. The average Bonchev–Trinajstić information content (AvgIpc) is 3.28. The number of aryl methyl sites for hydroxylation is 1. The minimum Gasteiger partial charge on any atom is -0.496 e. The predicted molar refractivity (Wildman–Crippen MR) is 143 cm³/mol. The van der Waals surface area contributed by atoms with E-state index in [1.807, 2.05) is 79.7 Å². The number of furan rings is 1. The molecule has 3 aromatic carbocycles. The van der Waals surface area contributed by atoms with Crippen molar-refractivity contribution in [3.05, 3.63) is 94.3 Å². The highest BCUT2D eigenvalue weighted by molar-refractivity contribution is 7.99. The SMILES string of the molecule is CCc1ccccc1NC(=O)CSc1nc2c(oc3ccccc32)c(=O)n1Cc1ccccc1OC. The molecule has 8 heteroatoms. The lowest BCUT2D eigenvalue weighted by atomic mass is 10.1. The van der Waals surface area contributed by atoms with E-state index >= 15 is 0 Å². The number of anilines is 1. The van der Waals surface area contributed by atoms with Crippen LogP contribution in [-0.2, 0) is 17.8 Å². The monoisotopic (exact) mass is 499 g/mol. The molecule has 0 aliphatic rings. The Morgan fingerprint density at radius 3 is 2.56 bits per heavy atom. The van der Waals surface area contributed by atoms with Crippen LogP contribution in [0.25, 0.3) is 22.1 Å². The maximum Gasteiger partial charge on any atom is 0.298 e. The highest BCUT2D eigenvalue weighted by Crippen LogP contribution is 2.28. The van der Waals surface area contributed by atoms with Crippen LogP contribution in [-0.4, -0.2) is 28.3 Å². The maximum atomic E-state index is 13.6. The van der Waals surface area contributed by atoms with E-state index in [1.54, 1.807) is 11.7 Å². The smallest absolute Gasteiger partial charge is 0.298 e. The fraction of sp³-hybridized carbons (Fsp3) is 0.179. The summed E-state index contributed by atoms with van der Waals surface area (Å²) >= 11 is 1.22. The first-order valence-electron chi connectivity index (χ1n) is 11.6. The third-order valence-corrected chi connectivity index (χ3v) is 6.95. The lowest BCUT2D eigenvalue weighted by molar-refractivity contribution is -0.113. The molecule has 1 amide bonds. The van der Waals surface area contributed by atoms with Crippen LogP contribution in [0.5, 0.6) is 5.75 Å². The molecule has 2 aromatic heterocycles. The largest absolute Gasteiger partial charge is 0.496 e. The van der Waals surface area contributed by atoms with Crippen molar-refractivity contribution < 1.29 is 13.9 Å². The average molecular weight is 500 g/mol. The van der Waals surface area contributed by atoms with Crippen molar-refractivity contribution in [2.75, 3.05) is 18.2 Å². The van der Waals surface area contributed by atoms with E-state index in [1.165, 1.54) is 11.8 Å². The number of aromatic nitrogens is 2. The summed E-state index contributed by atoms with van der Waals surface area (Å²) in [5.41, 5.74) is 3.65. The molecule has 0 saturated heterocycles. The van der Waals surface area contributed by atoms with E-state index in [0.29, 0.717) is 22.0 Å². The van der Waals surface area contributed by atoms with Crippen LogP contribution >= 0.6 is 11.8 Å². The van der Waals surface area contributed by atoms with Crippen molar-refractivity contribution in [1.82, 2.24) is 9.55 Å². The normalized spacial score (nSPS) is 11.2. The van der Waals surface area contributed by atoms with Gasteiger partial charge in [0.1, 0.15) is 16.8 Å². The number of nitrogens with one attached hydrogen (secondary N) is 1. The summed E-state index contributed by atoms with van der Waals surface area (Å²) in [5.74, 6) is 0.590. The van der Waals surface area contributed by atoms with Gasteiger partial charge in [0.05, 0.1) is 19.4 Å². The standard InChI is InChI=1S/C28H25N3O4S/c1-3-18-10-4-7-13-21(18)29-24(32)17-36-28-30-25-20-12-6-9-15-23(20)35-26(25)27(33)31(28)16-19-11-5-8-14-22(19)34-2/h4-15H,3,16-17H2,1-2H3,(H,29,32). The molecule has 1 N–H and O–H groups in total. The molecule has 0 saturated carbocycles. The van der Waals surface area contributed by atoms with Crippen molar-refractivity contribution in [2.45, 2.75) is 25.0 Å². The van der Waals surface area contributed by atoms with Gasteiger partial charge in [0.15, 0.2) is 5.16 Å². The Balaban J connectivity index is 1.52. The van der Waals surface area contributed by atoms with E-state index < -0.39 is 0 Å². The Hall–Kier alpha value is -4.04. The summed E-state index contributed by atoms with van der Waals surface area (Å²) in [7, 11) is 1.59. The zero-order valence-electron chi connectivity index (χ0n) is 20.0. The summed E-state index contributed by atoms with van der Waals surface area (Å²) in [5, 5.41) is 4.18. The zero-order valence-corrected chi connectivity index (χ0v) is 20.8. The Morgan fingerprint density at radius 2 is 1.75 bits per heavy atom. The number of benzene rings is 3. The summed E-state index contributed by atoms with van der Waals surface area (Å²) in [6, 6.07) is 22.7. The Morgan fingerprint density at radius 1 is 1.03 bits per heavy atom. The lowest BCUT2D eigenvalue weighted by Crippen LogP contribution is -2.24. The molecule has 0 unspecified atom stereocenters. The second-order valence-corrected chi connectivity index (χ2v) is 9.16. The lowest BCUT2D eigenvalue weighted by Gasteiger charge is -2.14. The fourth-order valence-electron chi connectivity index (χ4n) is 4.17. The number of rotatable bonds is 8. The minimum absolute atomic E-state index is 0.0949. The Bertz CT molecular complexity index is 1620. The number of carbonyl (C=O) groups is 1. The van der Waals surface area contributed by atoms with E-state index in [-0.39, 0.29) is 29.3 Å². The van der Waals surface area contributed by atoms with Crippen molar-refractivity contribution in [3.63, 3.8) is 0 Å². The summed E-state index contributed by atoms with van der Waals surface area (Å²) in [6.45, 7) is 2.27. The second kappa shape index (κ2) is 10.3. The van der Waals surface area contributed by atoms with Gasteiger partial charge < -0.3 is 14.5 Å². The van der Waals surface area contributed by atoms with E-state index in [9.17, 15) is 9.59 Å². The summed E-state index contributed by atoms with van der Waals surface area (Å²) in [4.78, 5) is 31.3. The number of ether oxygens (including phenoxy) is 1. The topological polar surface area (TPSA) is 86.4 Å². The predicted octanol–water partition coefficient (Wildman–Crippen LogP) is 5.49. The molecule has 0 aliphatic carbocycles. The maximum absolute atomic E-state index is 13.6. The van der Waals surface area contributed by atoms with Crippen LogP contribution in [0.3, 0.4) is 0 Å². The van der Waals surface area contributed by atoms with Crippen molar-refractivity contribution in [2.24, 2.45) is 0 Å². The molecule has 0 atom stereocenters. The van der Waals surface area contributed by atoms with Gasteiger partial charge in [-0.05, 0) is 36.2 Å². The molecule has 0 radical (unpaired) electrons. The molecule has 5 aromatic rings. The van der Waals surface area contributed by atoms with E-state index in [0.717, 1.165) is 28.6 Å². The van der Waals surface area contributed by atoms with E-state index in [4.69, 9.17) is 14.1 Å². The fourth-order valence-corrected chi connectivity index (χ4v) is 4.97. The third-order valence-electron chi connectivity index (χ3n) is 5.97. The van der Waals surface area contributed by atoms with Gasteiger partial charge in [-0.15, -0.1) is 0 Å². The molecular formula is C28H25N3O4S. The molecule has 0 spiro atoms. The highest BCUT2D eigenvalue weighted by atomic mass is 32.2. The first-order valence-corrected chi connectivity index (χ1v) is 12.6. The second-order valence-electron chi connectivity index (χ2n) is 8.22. The first-order chi connectivity index (χ1) is 17.6. The van der Waals surface area contributed by atoms with Gasteiger partial charge in [0.2, 0.25) is 11.5 Å². The number of para-hydroxylation sites is 3. The van der Waals surface area contributed by atoms with Crippen LogP contribution < -0.4 is 15.6 Å². The van der Waals surface area contributed by atoms with Gasteiger partial charge in [-0.1, -0.05) is 67.2 Å². The van der Waals surface area contributed by atoms with Gasteiger partial charge in [0, 0.05) is 16.6 Å². The number of fused-ring (bicyclic) bond motifs is 3. The number of hydrogen-bond donors (Lipinski definition) is 1. The molecule has 0 bridgehead atoms. The van der Waals surface area contributed by atoms with Crippen molar-refractivity contribution >= 4 is 45.4 Å². The molecule has 0 fully saturated rings.